The predicted molar refractivity (Wildman–Crippen MR) is 46.9 cm³/mol. The number of hydrogen-bond acceptors (Lipinski definition) is 7. The van der Waals surface area contributed by atoms with Crippen LogP contribution in [-0.2, 0) is 0 Å². The minimum Gasteiger partial charge on any atom is -0.378 e. The van der Waals surface area contributed by atoms with Crippen molar-refractivity contribution >= 4 is 0 Å². The number of aliphatic hydroxyl groups excluding tert-OH is 1. The van der Waals surface area contributed by atoms with E-state index in [-0.39, 0.29) is 6.08 Å². The second-order valence-electron chi connectivity index (χ2n) is 2.93. The normalized spacial score (nSPS) is 22.3. The van der Waals surface area contributed by atoms with Gasteiger partial charge in [-0.2, -0.15) is 0 Å². The summed E-state index contributed by atoms with van der Waals surface area (Å²) >= 11 is 0. The van der Waals surface area contributed by atoms with Crippen LogP contribution in [-0.4, -0.2) is 31.6 Å². The summed E-state index contributed by atoms with van der Waals surface area (Å²) in [6.07, 6.45) is -0.325. The molecule has 1 N–H and O–H groups in total. The van der Waals surface area contributed by atoms with Gasteiger partial charge in [0.2, 0.25) is 0 Å². The van der Waals surface area contributed by atoms with Gasteiger partial charge >= 0.3 is 5.66 Å². The number of aliphatic hydroxyl groups is 1. The molecule has 0 radical (unpaired) electrons. The lowest BCUT2D eigenvalue weighted by Gasteiger charge is -2.14. The molecule has 0 aromatic carbocycles. The second-order valence-corrected chi connectivity index (χ2v) is 2.93. The zero-order valence-electron chi connectivity index (χ0n) is 7.55. The fraction of sp³-hybridized carbons (Fsp3) is 0.333. The third-order valence-corrected chi connectivity index (χ3v) is 1.98. The molecule has 0 saturated heterocycles. The van der Waals surface area contributed by atoms with E-state index >= 15 is 0 Å². The van der Waals surface area contributed by atoms with Gasteiger partial charge in [0, 0.05) is 0 Å². The number of hydrogen-bond donors (Lipinski definition) is 1. The largest absolute Gasteiger partial charge is 0.503 e. The van der Waals surface area contributed by atoms with Crippen molar-refractivity contribution in [1.29, 1.82) is 0 Å². The van der Waals surface area contributed by atoms with Crippen molar-refractivity contribution in [2.75, 3.05) is 0 Å². The van der Waals surface area contributed by atoms with Gasteiger partial charge in [0.05, 0.1) is 11.0 Å². The molecule has 10 heteroatoms. The Morgan fingerprint density at radius 3 is 2.06 bits per heavy atom. The van der Waals surface area contributed by atoms with Gasteiger partial charge in [0.15, 0.2) is 12.2 Å². The van der Waals surface area contributed by atoms with Gasteiger partial charge in [-0.3, -0.25) is 30.3 Å². The van der Waals surface area contributed by atoms with E-state index in [1.165, 1.54) is 0 Å². The maximum atomic E-state index is 10.6. The van der Waals surface area contributed by atoms with Crippen LogP contribution in [0.25, 0.3) is 0 Å². The van der Waals surface area contributed by atoms with Crippen LogP contribution in [0.3, 0.4) is 0 Å². The maximum Gasteiger partial charge on any atom is 0.503 e. The molecule has 1 aliphatic rings. The van der Waals surface area contributed by atoms with Crippen LogP contribution in [0.4, 0.5) is 0 Å². The standard InChI is InChI=1S/C6H5N3O7/c10-5-1-2-6(8(13)14,9(15)16)3-4(5)7(11)12/h1-3,5,10H. The summed E-state index contributed by atoms with van der Waals surface area (Å²) in [7, 11) is 0. The number of nitro groups is 3. The molecule has 1 atom stereocenters. The van der Waals surface area contributed by atoms with Crippen LogP contribution in [0.15, 0.2) is 23.9 Å². The highest BCUT2D eigenvalue weighted by Crippen LogP contribution is 2.24. The summed E-state index contributed by atoms with van der Waals surface area (Å²) in [4.78, 5) is 27.8. The van der Waals surface area contributed by atoms with Crippen molar-refractivity contribution < 1.29 is 19.9 Å². The molecule has 0 fully saturated rings. The first-order valence-corrected chi connectivity index (χ1v) is 3.85. The van der Waals surface area contributed by atoms with E-state index in [0.717, 1.165) is 0 Å². The summed E-state index contributed by atoms with van der Waals surface area (Å²) in [5.74, 6) is 0. The van der Waals surface area contributed by atoms with Gasteiger partial charge in [0.1, 0.15) is 9.85 Å². The highest BCUT2D eigenvalue weighted by Gasteiger charge is 2.56. The number of nitrogens with zero attached hydrogens (tertiary/aromatic N) is 3. The van der Waals surface area contributed by atoms with E-state index in [4.69, 9.17) is 5.11 Å². The van der Waals surface area contributed by atoms with Crippen LogP contribution in [0.5, 0.6) is 0 Å². The van der Waals surface area contributed by atoms with Crippen molar-refractivity contribution in [1.82, 2.24) is 0 Å². The smallest absolute Gasteiger partial charge is 0.378 e. The van der Waals surface area contributed by atoms with Crippen LogP contribution in [0.2, 0.25) is 0 Å². The average molecular weight is 231 g/mol. The molecule has 16 heavy (non-hydrogen) atoms. The lowest BCUT2D eigenvalue weighted by atomic mass is 10.0. The minimum atomic E-state index is -2.89. The minimum absolute atomic E-state index is 0.220. The third-order valence-electron chi connectivity index (χ3n) is 1.98. The monoisotopic (exact) mass is 231 g/mol. The maximum absolute atomic E-state index is 10.6. The lowest BCUT2D eigenvalue weighted by molar-refractivity contribution is -0.766. The third kappa shape index (κ3) is 1.61. The van der Waals surface area contributed by atoms with Crippen LogP contribution in [0.1, 0.15) is 0 Å². The molecule has 0 amide bonds. The summed E-state index contributed by atoms with van der Waals surface area (Å²) in [6.45, 7) is 0. The highest BCUT2D eigenvalue weighted by atomic mass is 16.7. The van der Waals surface area contributed by atoms with Gasteiger partial charge in [-0.1, -0.05) is 0 Å². The Kier molecular flexibility index (Phi) is 2.68. The highest BCUT2D eigenvalue weighted by molar-refractivity contribution is 5.23. The summed E-state index contributed by atoms with van der Waals surface area (Å²) in [5.41, 5.74) is -3.88. The van der Waals surface area contributed by atoms with Crippen LogP contribution in [0, 0.1) is 30.3 Å². The number of rotatable bonds is 3. The Morgan fingerprint density at radius 2 is 1.69 bits per heavy atom. The van der Waals surface area contributed by atoms with E-state index in [1.807, 2.05) is 0 Å². The zero-order valence-corrected chi connectivity index (χ0v) is 7.55. The van der Waals surface area contributed by atoms with Gasteiger partial charge in [-0.15, -0.1) is 0 Å². The summed E-state index contributed by atoms with van der Waals surface area (Å²) in [6, 6.07) is 0. The summed E-state index contributed by atoms with van der Waals surface area (Å²) in [5, 5.41) is 40.6. The van der Waals surface area contributed by atoms with Crippen LogP contribution < -0.4 is 0 Å². The van der Waals surface area contributed by atoms with E-state index in [2.05, 4.69) is 0 Å². The van der Waals surface area contributed by atoms with Crippen molar-refractivity contribution in [2.24, 2.45) is 0 Å². The average Bonchev–Trinajstić information content (AvgIpc) is 2.17. The van der Waals surface area contributed by atoms with Crippen molar-refractivity contribution in [2.45, 2.75) is 11.8 Å². The van der Waals surface area contributed by atoms with E-state index in [1.54, 1.807) is 0 Å². The fourth-order valence-electron chi connectivity index (χ4n) is 1.14. The molecule has 10 nitrogen and oxygen atoms in total. The van der Waals surface area contributed by atoms with Gasteiger partial charge in [-0.05, 0) is 6.08 Å². The molecule has 0 spiro atoms. The van der Waals surface area contributed by atoms with Gasteiger partial charge in [-0.25, -0.2) is 0 Å². The first-order valence-electron chi connectivity index (χ1n) is 3.85. The SMILES string of the molecule is O=[N+]([O-])C1=CC([N+](=O)[O-])([N+](=O)[O-])C=CC1O. The van der Waals surface area contributed by atoms with Crippen molar-refractivity contribution in [3.05, 3.63) is 54.3 Å². The molecular weight excluding hydrogens is 226 g/mol. The molecule has 0 saturated carbocycles. The molecular formula is C6H5N3O7. The second kappa shape index (κ2) is 3.66. The lowest BCUT2D eigenvalue weighted by Crippen LogP contribution is -2.45. The molecule has 0 heterocycles. The first-order chi connectivity index (χ1) is 7.31. The molecule has 0 aliphatic heterocycles. The molecule has 1 rings (SSSR count). The molecule has 0 aromatic heterocycles. The van der Waals surface area contributed by atoms with Crippen LogP contribution >= 0.6 is 0 Å². The van der Waals surface area contributed by atoms with Crippen molar-refractivity contribution in [3.8, 4) is 0 Å². The Bertz CT molecular complexity index is 412. The Hall–Kier alpha value is -2.36. The zero-order chi connectivity index (χ0) is 12.5. The Labute approximate surface area is 86.9 Å². The Balaban J connectivity index is 3.34. The molecule has 0 bridgehead atoms. The van der Waals surface area contributed by atoms with Gasteiger partial charge < -0.3 is 5.11 Å². The molecule has 1 aliphatic carbocycles. The topological polar surface area (TPSA) is 150 Å². The molecule has 1 unspecified atom stereocenters. The fourth-order valence-corrected chi connectivity index (χ4v) is 1.14. The van der Waals surface area contributed by atoms with Gasteiger partial charge in [0.25, 0.3) is 5.70 Å². The quantitative estimate of drug-likeness (QED) is 0.292. The van der Waals surface area contributed by atoms with E-state index < -0.39 is 32.2 Å². The molecule has 0 aromatic rings. The first kappa shape index (κ1) is 11.7. The Morgan fingerprint density at radius 1 is 1.19 bits per heavy atom. The van der Waals surface area contributed by atoms with Crippen molar-refractivity contribution in [3.63, 3.8) is 0 Å². The van der Waals surface area contributed by atoms with E-state index in [0.29, 0.717) is 12.2 Å². The summed E-state index contributed by atoms with van der Waals surface area (Å²) < 4.78 is 0. The predicted octanol–water partition coefficient (Wildman–Crippen LogP) is -0.673. The van der Waals surface area contributed by atoms with E-state index in [9.17, 15) is 30.3 Å². The molecule has 86 valence electrons.